The first-order chi connectivity index (χ1) is 17.7. The van der Waals surface area contributed by atoms with Gasteiger partial charge >= 0.3 is 0 Å². The van der Waals surface area contributed by atoms with Gasteiger partial charge < -0.3 is 10.3 Å². The summed E-state index contributed by atoms with van der Waals surface area (Å²) in [6.07, 6.45) is 6.50. The summed E-state index contributed by atoms with van der Waals surface area (Å²) >= 11 is 0. The maximum Gasteiger partial charge on any atom is 0.220 e. The van der Waals surface area contributed by atoms with Gasteiger partial charge in [-0.2, -0.15) is 0 Å². The number of benzene rings is 3. The van der Waals surface area contributed by atoms with E-state index in [1.807, 2.05) is 0 Å². The molecular formula is C32H37N3O. The van der Waals surface area contributed by atoms with E-state index in [4.69, 9.17) is 0 Å². The number of aromatic nitrogens is 1. The van der Waals surface area contributed by atoms with Crippen molar-refractivity contribution in [3.8, 4) is 0 Å². The fourth-order valence-corrected chi connectivity index (χ4v) is 5.65. The molecule has 0 aliphatic carbocycles. The zero-order valence-electron chi connectivity index (χ0n) is 21.2. The molecule has 1 atom stereocenters. The van der Waals surface area contributed by atoms with Crippen molar-refractivity contribution in [2.24, 2.45) is 0 Å². The Kier molecular flexibility index (Phi) is 7.82. The molecule has 0 bridgehead atoms. The molecule has 1 saturated heterocycles. The van der Waals surface area contributed by atoms with Crippen LogP contribution in [0.25, 0.3) is 10.9 Å². The number of fused-ring (bicyclic) bond motifs is 1. The van der Waals surface area contributed by atoms with Crippen molar-refractivity contribution in [3.63, 3.8) is 0 Å². The van der Waals surface area contributed by atoms with Crippen LogP contribution in [0.15, 0.2) is 85.1 Å². The lowest BCUT2D eigenvalue weighted by Crippen LogP contribution is -2.44. The van der Waals surface area contributed by atoms with Crippen LogP contribution < -0.4 is 5.32 Å². The minimum atomic E-state index is 0.131. The van der Waals surface area contributed by atoms with Crippen LogP contribution in [0.4, 0.5) is 0 Å². The van der Waals surface area contributed by atoms with Crippen LogP contribution in [0.3, 0.4) is 0 Å². The van der Waals surface area contributed by atoms with Gasteiger partial charge in [0.05, 0.1) is 0 Å². The Morgan fingerprint density at radius 1 is 0.944 bits per heavy atom. The first-order valence-corrected chi connectivity index (χ1v) is 13.4. The number of amides is 1. The summed E-state index contributed by atoms with van der Waals surface area (Å²) in [4.78, 5) is 19.3. The number of hydrogen-bond donors (Lipinski definition) is 2. The van der Waals surface area contributed by atoms with Crippen LogP contribution in [0.5, 0.6) is 0 Å². The number of H-pyrrole nitrogens is 1. The van der Waals surface area contributed by atoms with Crippen LogP contribution in [0.2, 0.25) is 0 Å². The van der Waals surface area contributed by atoms with E-state index >= 15 is 0 Å². The molecule has 1 aliphatic heterocycles. The molecule has 0 radical (unpaired) electrons. The zero-order valence-corrected chi connectivity index (χ0v) is 21.2. The highest BCUT2D eigenvalue weighted by molar-refractivity contribution is 5.87. The van der Waals surface area contributed by atoms with E-state index in [9.17, 15) is 4.79 Å². The van der Waals surface area contributed by atoms with Crippen molar-refractivity contribution in [2.75, 3.05) is 13.1 Å². The van der Waals surface area contributed by atoms with Crippen LogP contribution in [-0.2, 0) is 24.2 Å². The fourth-order valence-electron chi connectivity index (χ4n) is 5.65. The third-order valence-electron chi connectivity index (χ3n) is 7.61. The van der Waals surface area contributed by atoms with Crippen LogP contribution in [-0.4, -0.2) is 34.9 Å². The number of aryl methyl sites for hydroxylation is 1. The van der Waals surface area contributed by atoms with Crippen molar-refractivity contribution >= 4 is 16.8 Å². The number of hydrogen-bond acceptors (Lipinski definition) is 2. The molecule has 186 valence electrons. The summed E-state index contributed by atoms with van der Waals surface area (Å²) in [7, 11) is 0. The average Bonchev–Trinajstić information content (AvgIpc) is 3.35. The lowest BCUT2D eigenvalue weighted by atomic mass is 9.88. The van der Waals surface area contributed by atoms with Crippen LogP contribution in [0, 0.1) is 0 Å². The molecule has 1 fully saturated rings. The minimum absolute atomic E-state index is 0.131. The van der Waals surface area contributed by atoms with E-state index in [2.05, 4.69) is 107 Å². The van der Waals surface area contributed by atoms with Gasteiger partial charge in [-0.1, -0.05) is 85.8 Å². The predicted molar refractivity (Wildman–Crippen MR) is 148 cm³/mol. The lowest BCUT2D eigenvalue weighted by molar-refractivity contribution is -0.122. The number of piperidine rings is 1. The van der Waals surface area contributed by atoms with E-state index < -0.39 is 0 Å². The van der Waals surface area contributed by atoms with Gasteiger partial charge in [-0.3, -0.25) is 9.69 Å². The lowest BCUT2D eigenvalue weighted by Gasteiger charge is -2.32. The van der Waals surface area contributed by atoms with Gasteiger partial charge in [-0.05, 0) is 53.9 Å². The normalized spacial score (nSPS) is 15.7. The maximum absolute atomic E-state index is 13.3. The van der Waals surface area contributed by atoms with Gasteiger partial charge in [0.15, 0.2) is 0 Å². The summed E-state index contributed by atoms with van der Waals surface area (Å²) in [5.74, 6) is 0.296. The van der Waals surface area contributed by atoms with Crippen LogP contribution >= 0.6 is 0 Å². The number of nitrogens with one attached hydrogen (secondary N) is 2. The van der Waals surface area contributed by atoms with Crippen molar-refractivity contribution in [2.45, 2.75) is 57.5 Å². The van der Waals surface area contributed by atoms with E-state index in [1.54, 1.807) is 0 Å². The van der Waals surface area contributed by atoms with Gasteiger partial charge in [0, 0.05) is 49.2 Å². The van der Waals surface area contributed by atoms with Gasteiger partial charge in [0.25, 0.3) is 0 Å². The number of rotatable bonds is 9. The van der Waals surface area contributed by atoms with Crippen molar-refractivity contribution in [1.29, 1.82) is 0 Å². The monoisotopic (exact) mass is 479 g/mol. The predicted octanol–water partition coefficient (Wildman–Crippen LogP) is 6.23. The average molecular weight is 480 g/mol. The maximum atomic E-state index is 13.3. The molecule has 3 aromatic carbocycles. The fraction of sp³-hybridized carbons (Fsp3) is 0.344. The molecular weight excluding hydrogens is 442 g/mol. The molecule has 1 aromatic heterocycles. The number of aromatic amines is 1. The molecule has 4 nitrogen and oxygen atoms in total. The Morgan fingerprint density at radius 2 is 1.64 bits per heavy atom. The second kappa shape index (κ2) is 11.6. The SMILES string of the molecule is CCc1cccc2c(C(CC(=O)NC3CCN(Cc4ccccc4)CC3)Cc3ccccc3)c[nH]c12. The number of para-hydroxylation sites is 1. The second-order valence-corrected chi connectivity index (χ2v) is 10.1. The Hall–Kier alpha value is -3.37. The van der Waals surface area contributed by atoms with Gasteiger partial charge in [-0.25, -0.2) is 0 Å². The Bertz CT molecular complexity index is 1260. The van der Waals surface area contributed by atoms with E-state index in [0.29, 0.717) is 6.42 Å². The summed E-state index contributed by atoms with van der Waals surface area (Å²) in [5, 5.41) is 4.62. The Labute approximate surface area is 214 Å². The topological polar surface area (TPSA) is 48.1 Å². The second-order valence-electron chi connectivity index (χ2n) is 10.1. The highest BCUT2D eigenvalue weighted by atomic mass is 16.1. The summed E-state index contributed by atoms with van der Waals surface area (Å²) < 4.78 is 0. The van der Waals surface area contributed by atoms with Crippen molar-refractivity contribution in [1.82, 2.24) is 15.2 Å². The molecule has 0 saturated carbocycles. The number of carbonyl (C=O) groups excluding carboxylic acids is 1. The smallest absolute Gasteiger partial charge is 0.220 e. The first kappa shape index (κ1) is 24.3. The van der Waals surface area contributed by atoms with Crippen molar-refractivity contribution in [3.05, 3.63) is 107 Å². The first-order valence-electron chi connectivity index (χ1n) is 13.4. The number of nitrogens with zero attached hydrogens (tertiary/aromatic N) is 1. The van der Waals surface area contributed by atoms with Crippen LogP contribution in [0.1, 0.15) is 54.4 Å². The van der Waals surface area contributed by atoms with E-state index in [0.717, 1.165) is 45.3 Å². The highest BCUT2D eigenvalue weighted by Gasteiger charge is 2.24. The van der Waals surface area contributed by atoms with Gasteiger partial charge in [-0.15, -0.1) is 0 Å². The molecule has 4 aromatic rings. The highest BCUT2D eigenvalue weighted by Crippen LogP contribution is 2.32. The third-order valence-corrected chi connectivity index (χ3v) is 7.61. The summed E-state index contributed by atoms with van der Waals surface area (Å²) in [5.41, 5.74) is 6.40. The molecule has 1 unspecified atom stereocenters. The molecule has 5 rings (SSSR count). The molecule has 2 N–H and O–H groups in total. The number of likely N-dealkylation sites (tertiary alicyclic amines) is 1. The molecule has 1 amide bonds. The summed E-state index contributed by atoms with van der Waals surface area (Å²) in [6, 6.07) is 28.0. The largest absolute Gasteiger partial charge is 0.361 e. The Morgan fingerprint density at radius 3 is 2.33 bits per heavy atom. The van der Waals surface area contributed by atoms with Crippen molar-refractivity contribution < 1.29 is 4.79 Å². The quantitative estimate of drug-likeness (QED) is 0.299. The number of carbonyl (C=O) groups is 1. The van der Waals surface area contributed by atoms with E-state index in [-0.39, 0.29) is 17.9 Å². The molecule has 4 heteroatoms. The summed E-state index contributed by atoms with van der Waals surface area (Å²) in [6.45, 7) is 5.22. The van der Waals surface area contributed by atoms with Gasteiger partial charge in [0.1, 0.15) is 0 Å². The molecule has 1 aliphatic rings. The molecule has 2 heterocycles. The minimum Gasteiger partial charge on any atom is -0.361 e. The molecule has 36 heavy (non-hydrogen) atoms. The molecule has 0 spiro atoms. The van der Waals surface area contributed by atoms with Gasteiger partial charge in [0.2, 0.25) is 5.91 Å². The Balaban J connectivity index is 1.25. The standard InChI is InChI=1S/C32H37N3O/c1-2-26-14-9-15-29-30(22-33-32(26)29)27(20-24-10-5-3-6-11-24)21-31(36)34-28-16-18-35(19-17-28)23-25-12-7-4-8-13-25/h3-15,22,27-28,33H,2,16-21,23H2,1H3,(H,34,36). The van der Waals surface area contributed by atoms with E-state index in [1.165, 1.54) is 33.2 Å². The third kappa shape index (κ3) is 5.88. The zero-order chi connectivity index (χ0) is 24.7.